The van der Waals surface area contributed by atoms with Crippen molar-refractivity contribution in [2.45, 2.75) is 51.7 Å². The Hall–Kier alpha value is -0.0800. The molecule has 1 aliphatic carbocycles. The van der Waals surface area contributed by atoms with Crippen LogP contribution in [-0.4, -0.2) is 25.3 Å². The topological polar surface area (TPSA) is 21.3 Å². The molecule has 0 bridgehead atoms. The molecule has 0 radical (unpaired) electrons. The minimum atomic E-state index is 0.498. The highest BCUT2D eigenvalue weighted by Crippen LogP contribution is 2.31. The summed E-state index contributed by atoms with van der Waals surface area (Å²) in [6.45, 7) is 6.80. The molecular formula is C12H23NO. The molecule has 14 heavy (non-hydrogen) atoms. The van der Waals surface area contributed by atoms with Crippen molar-refractivity contribution in [3.05, 3.63) is 0 Å². The highest BCUT2D eigenvalue weighted by molar-refractivity contribution is 4.85. The highest BCUT2D eigenvalue weighted by atomic mass is 16.5. The normalized spacial score (nSPS) is 43.3. The molecule has 2 aliphatic rings. The van der Waals surface area contributed by atoms with Gasteiger partial charge in [-0.3, -0.25) is 0 Å². The summed E-state index contributed by atoms with van der Waals surface area (Å²) in [5.74, 6) is 1.74. The van der Waals surface area contributed by atoms with E-state index in [4.69, 9.17) is 4.74 Å². The molecule has 0 aromatic heterocycles. The molecule has 0 amide bonds. The van der Waals surface area contributed by atoms with Gasteiger partial charge in [0, 0.05) is 19.2 Å². The average Bonchev–Trinajstić information content (AvgIpc) is 2.77. The first-order chi connectivity index (χ1) is 6.77. The van der Waals surface area contributed by atoms with Gasteiger partial charge in [0.05, 0.1) is 6.10 Å². The van der Waals surface area contributed by atoms with Gasteiger partial charge in [0.15, 0.2) is 0 Å². The predicted molar refractivity (Wildman–Crippen MR) is 58.3 cm³/mol. The zero-order valence-electron chi connectivity index (χ0n) is 9.46. The lowest BCUT2D eigenvalue weighted by atomic mass is 9.98. The van der Waals surface area contributed by atoms with Crippen LogP contribution in [0, 0.1) is 11.8 Å². The van der Waals surface area contributed by atoms with Crippen LogP contribution in [0.15, 0.2) is 0 Å². The van der Waals surface area contributed by atoms with Crippen LogP contribution in [0.1, 0.15) is 39.5 Å². The van der Waals surface area contributed by atoms with E-state index >= 15 is 0 Å². The second kappa shape index (κ2) is 4.63. The van der Waals surface area contributed by atoms with Crippen molar-refractivity contribution in [3.63, 3.8) is 0 Å². The van der Waals surface area contributed by atoms with Crippen LogP contribution in [0.4, 0.5) is 0 Å². The molecule has 2 rings (SSSR count). The standard InChI is InChI=1S/C12H23NO/c1-9-5-6-12(10(9)2)13-8-11-4-3-7-14-11/h9-13H,3-8H2,1-2H3. The van der Waals surface area contributed by atoms with Gasteiger partial charge in [-0.2, -0.15) is 0 Å². The third-order valence-corrected chi connectivity index (χ3v) is 4.10. The SMILES string of the molecule is CC1CCC(NCC2CCCO2)C1C. The van der Waals surface area contributed by atoms with E-state index in [1.807, 2.05) is 0 Å². The quantitative estimate of drug-likeness (QED) is 0.749. The Morgan fingerprint density at radius 2 is 2.07 bits per heavy atom. The maximum Gasteiger partial charge on any atom is 0.0700 e. The zero-order valence-corrected chi connectivity index (χ0v) is 9.46. The fraction of sp³-hybridized carbons (Fsp3) is 1.00. The average molecular weight is 197 g/mol. The van der Waals surface area contributed by atoms with Crippen LogP contribution in [0.3, 0.4) is 0 Å². The lowest BCUT2D eigenvalue weighted by molar-refractivity contribution is 0.106. The summed E-state index contributed by atoms with van der Waals surface area (Å²) in [5, 5.41) is 3.68. The first-order valence-corrected chi connectivity index (χ1v) is 6.12. The van der Waals surface area contributed by atoms with Crippen molar-refractivity contribution in [1.29, 1.82) is 0 Å². The monoisotopic (exact) mass is 197 g/mol. The summed E-state index contributed by atoms with van der Waals surface area (Å²) in [5.41, 5.74) is 0. The number of hydrogen-bond acceptors (Lipinski definition) is 2. The lowest BCUT2D eigenvalue weighted by Crippen LogP contribution is -2.37. The summed E-state index contributed by atoms with van der Waals surface area (Å²) >= 11 is 0. The maximum atomic E-state index is 5.61. The minimum absolute atomic E-state index is 0.498. The van der Waals surface area contributed by atoms with Gasteiger partial charge in [-0.15, -0.1) is 0 Å². The molecule has 0 aromatic rings. The maximum absolute atomic E-state index is 5.61. The molecule has 1 heterocycles. The first-order valence-electron chi connectivity index (χ1n) is 6.12. The predicted octanol–water partition coefficient (Wildman–Crippen LogP) is 2.19. The Balaban J connectivity index is 1.70. The second-order valence-corrected chi connectivity index (χ2v) is 5.06. The molecule has 0 spiro atoms. The molecule has 4 atom stereocenters. The number of hydrogen-bond donors (Lipinski definition) is 1. The molecule has 4 unspecified atom stereocenters. The Bertz CT molecular complexity index is 177. The minimum Gasteiger partial charge on any atom is -0.377 e. The van der Waals surface area contributed by atoms with Crippen molar-refractivity contribution in [2.75, 3.05) is 13.2 Å². The Morgan fingerprint density at radius 3 is 2.64 bits per heavy atom. The van der Waals surface area contributed by atoms with Gasteiger partial charge in [-0.05, 0) is 37.5 Å². The van der Waals surface area contributed by atoms with E-state index in [1.165, 1.54) is 25.7 Å². The molecule has 2 nitrogen and oxygen atoms in total. The molecule has 1 N–H and O–H groups in total. The van der Waals surface area contributed by atoms with E-state index in [9.17, 15) is 0 Å². The molecule has 1 saturated carbocycles. The van der Waals surface area contributed by atoms with Crippen LogP contribution in [0.2, 0.25) is 0 Å². The Morgan fingerprint density at radius 1 is 1.21 bits per heavy atom. The van der Waals surface area contributed by atoms with Crippen molar-refractivity contribution in [3.8, 4) is 0 Å². The molecule has 1 aliphatic heterocycles. The summed E-state index contributed by atoms with van der Waals surface area (Å²) in [4.78, 5) is 0. The van der Waals surface area contributed by atoms with Crippen LogP contribution in [0.5, 0.6) is 0 Å². The summed E-state index contributed by atoms with van der Waals surface area (Å²) in [6.07, 6.45) is 5.75. The summed E-state index contributed by atoms with van der Waals surface area (Å²) in [7, 11) is 0. The van der Waals surface area contributed by atoms with Crippen LogP contribution in [0.25, 0.3) is 0 Å². The van der Waals surface area contributed by atoms with Gasteiger partial charge >= 0.3 is 0 Å². The molecule has 0 aromatic carbocycles. The van der Waals surface area contributed by atoms with E-state index in [-0.39, 0.29) is 0 Å². The van der Waals surface area contributed by atoms with Crippen molar-refractivity contribution < 1.29 is 4.74 Å². The fourth-order valence-corrected chi connectivity index (χ4v) is 2.74. The van der Waals surface area contributed by atoms with Gasteiger partial charge in [0.1, 0.15) is 0 Å². The molecule has 2 heteroatoms. The van der Waals surface area contributed by atoms with E-state index in [2.05, 4.69) is 19.2 Å². The third kappa shape index (κ3) is 2.29. The molecule has 82 valence electrons. The first kappa shape index (κ1) is 10.4. The second-order valence-electron chi connectivity index (χ2n) is 5.06. The lowest BCUT2D eigenvalue weighted by Gasteiger charge is -2.21. The van der Waals surface area contributed by atoms with Crippen molar-refractivity contribution in [2.24, 2.45) is 11.8 Å². The van der Waals surface area contributed by atoms with Crippen molar-refractivity contribution in [1.82, 2.24) is 5.32 Å². The van der Waals surface area contributed by atoms with Crippen LogP contribution < -0.4 is 5.32 Å². The molecular weight excluding hydrogens is 174 g/mol. The third-order valence-electron chi connectivity index (χ3n) is 4.10. The molecule has 2 fully saturated rings. The van der Waals surface area contributed by atoms with Gasteiger partial charge in [-0.1, -0.05) is 13.8 Å². The van der Waals surface area contributed by atoms with E-state index in [1.54, 1.807) is 0 Å². The van der Waals surface area contributed by atoms with Crippen LogP contribution >= 0.6 is 0 Å². The summed E-state index contributed by atoms with van der Waals surface area (Å²) < 4.78 is 5.61. The number of ether oxygens (including phenoxy) is 1. The smallest absolute Gasteiger partial charge is 0.0700 e. The van der Waals surface area contributed by atoms with Crippen LogP contribution in [-0.2, 0) is 4.74 Å². The number of rotatable bonds is 3. The molecule has 1 saturated heterocycles. The highest BCUT2D eigenvalue weighted by Gasteiger charge is 2.29. The van der Waals surface area contributed by atoms with E-state index in [0.717, 1.165) is 31.0 Å². The Kier molecular flexibility index (Phi) is 3.45. The van der Waals surface area contributed by atoms with Gasteiger partial charge in [0.2, 0.25) is 0 Å². The van der Waals surface area contributed by atoms with E-state index < -0.39 is 0 Å². The van der Waals surface area contributed by atoms with Crippen molar-refractivity contribution >= 4 is 0 Å². The van der Waals surface area contributed by atoms with Gasteiger partial charge < -0.3 is 10.1 Å². The van der Waals surface area contributed by atoms with Gasteiger partial charge in [0.25, 0.3) is 0 Å². The van der Waals surface area contributed by atoms with E-state index in [0.29, 0.717) is 6.10 Å². The number of nitrogens with one attached hydrogen (secondary N) is 1. The Labute approximate surface area is 87.4 Å². The zero-order chi connectivity index (χ0) is 9.97. The largest absolute Gasteiger partial charge is 0.377 e. The summed E-state index contributed by atoms with van der Waals surface area (Å²) in [6, 6.07) is 0.745. The van der Waals surface area contributed by atoms with Gasteiger partial charge in [-0.25, -0.2) is 0 Å². The fourth-order valence-electron chi connectivity index (χ4n) is 2.74.